The number of hydrogen-bond donors (Lipinski definition) is 2. The Morgan fingerprint density at radius 2 is 1.96 bits per heavy atom. The van der Waals surface area contributed by atoms with E-state index in [-0.39, 0.29) is 5.69 Å². The molecule has 120 valence electrons. The van der Waals surface area contributed by atoms with E-state index in [1.54, 1.807) is 6.20 Å². The van der Waals surface area contributed by atoms with Crippen LogP contribution in [0.5, 0.6) is 0 Å². The van der Waals surface area contributed by atoms with Gasteiger partial charge >= 0.3 is 0 Å². The normalized spacial score (nSPS) is 14.5. The number of aromatic nitrogens is 2. The van der Waals surface area contributed by atoms with Crippen LogP contribution < -0.4 is 16.0 Å². The quantitative estimate of drug-likeness (QED) is 0.884. The minimum absolute atomic E-state index is 0.166. The second-order valence-corrected chi connectivity index (χ2v) is 5.68. The molecule has 1 aromatic heterocycles. The van der Waals surface area contributed by atoms with Crippen molar-refractivity contribution in [2.75, 3.05) is 23.3 Å². The standard InChI is InChI=1S/C17H21N5O/c18-17(23)14-11-19-12-16(21-14)20-10-13-6-2-3-7-15(13)22-8-4-1-5-9-22/h2-3,6-7,11-12H,1,4-5,8-10H2,(H2,18,23)(H,20,21). The Labute approximate surface area is 135 Å². The summed E-state index contributed by atoms with van der Waals surface area (Å²) in [5.74, 6) is -0.0235. The Hall–Kier alpha value is -2.63. The molecule has 2 heterocycles. The van der Waals surface area contributed by atoms with E-state index in [0.29, 0.717) is 12.4 Å². The molecule has 6 heteroatoms. The zero-order chi connectivity index (χ0) is 16.1. The molecule has 1 amide bonds. The maximum atomic E-state index is 11.2. The Morgan fingerprint density at radius 1 is 1.17 bits per heavy atom. The summed E-state index contributed by atoms with van der Waals surface area (Å²) < 4.78 is 0. The lowest BCUT2D eigenvalue weighted by molar-refractivity contribution is 0.0995. The number of anilines is 2. The van der Waals surface area contributed by atoms with Crippen molar-refractivity contribution in [3.63, 3.8) is 0 Å². The van der Waals surface area contributed by atoms with Crippen molar-refractivity contribution in [2.24, 2.45) is 5.73 Å². The zero-order valence-corrected chi connectivity index (χ0v) is 13.0. The summed E-state index contributed by atoms with van der Waals surface area (Å²) >= 11 is 0. The first kappa shape index (κ1) is 15.3. The minimum Gasteiger partial charge on any atom is -0.371 e. The summed E-state index contributed by atoms with van der Waals surface area (Å²) in [6.45, 7) is 2.84. The Bertz CT molecular complexity index is 682. The molecule has 1 aliphatic rings. The number of primary amides is 1. The van der Waals surface area contributed by atoms with Crippen LogP contribution >= 0.6 is 0 Å². The van der Waals surface area contributed by atoms with E-state index in [0.717, 1.165) is 13.1 Å². The predicted octanol–water partition coefficient (Wildman–Crippen LogP) is 2.18. The third-order valence-corrected chi connectivity index (χ3v) is 4.04. The topological polar surface area (TPSA) is 84.1 Å². The molecule has 1 fully saturated rings. The van der Waals surface area contributed by atoms with E-state index in [2.05, 4.69) is 38.4 Å². The molecule has 2 aromatic rings. The van der Waals surface area contributed by atoms with Gasteiger partial charge in [-0.3, -0.25) is 9.78 Å². The van der Waals surface area contributed by atoms with Crippen LogP contribution in [-0.2, 0) is 6.54 Å². The van der Waals surface area contributed by atoms with Gasteiger partial charge < -0.3 is 16.0 Å². The highest BCUT2D eigenvalue weighted by Crippen LogP contribution is 2.24. The summed E-state index contributed by atoms with van der Waals surface area (Å²) in [4.78, 5) is 21.8. The van der Waals surface area contributed by atoms with Crippen molar-refractivity contribution in [3.05, 3.63) is 47.9 Å². The lowest BCUT2D eigenvalue weighted by Crippen LogP contribution is -2.30. The first-order valence-electron chi connectivity index (χ1n) is 7.92. The Balaban J connectivity index is 1.73. The molecule has 0 saturated carbocycles. The maximum Gasteiger partial charge on any atom is 0.268 e. The van der Waals surface area contributed by atoms with Crippen LogP contribution in [-0.4, -0.2) is 29.0 Å². The molecule has 0 unspecified atom stereocenters. The van der Waals surface area contributed by atoms with Crippen LogP contribution in [0.4, 0.5) is 11.5 Å². The summed E-state index contributed by atoms with van der Waals surface area (Å²) in [6.07, 6.45) is 6.76. The van der Waals surface area contributed by atoms with Crippen molar-refractivity contribution in [2.45, 2.75) is 25.8 Å². The number of benzene rings is 1. The van der Waals surface area contributed by atoms with Gasteiger partial charge in [0, 0.05) is 25.3 Å². The molecule has 23 heavy (non-hydrogen) atoms. The second-order valence-electron chi connectivity index (χ2n) is 5.68. The molecular formula is C17H21N5O. The number of nitrogens with one attached hydrogen (secondary N) is 1. The van der Waals surface area contributed by atoms with Crippen LogP contribution in [0.2, 0.25) is 0 Å². The number of carbonyl (C=O) groups excluding carboxylic acids is 1. The van der Waals surface area contributed by atoms with Gasteiger partial charge in [0.1, 0.15) is 11.5 Å². The lowest BCUT2D eigenvalue weighted by Gasteiger charge is -2.30. The summed E-state index contributed by atoms with van der Waals surface area (Å²) in [5, 5.41) is 3.23. The average Bonchev–Trinajstić information content (AvgIpc) is 2.61. The van der Waals surface area contributed by atoms with Gasteiger partial charge in [-0.1, -0.05) is 18.2 Å². The maximum absolute atomic E-state index is 11.2. The van der Waals surface area contributed by atoms with E-state index < -0.39 is 5.91 Å². The number of rotatable bonds is 5. The molecule has 0 bridgehead atoms. The molecule has 1 aliphatic heterocycles. The van der Waals surface area contributed by atoms with Crippen molar-refractivity contribution in [3.8, 4) is 0 Å². The molecular weight excluding hydrogens is 290 g/mol. The molecule has 0 radical (unpaired) electrons. The van der Waals surface area contributed by atoms with Crippen molar-refractivity contribution in [1.29, 1.82) is 0 Å². The third kappa shape index (κ3) is 3.77. The number of nitrogens with two attached hydrogens (primary N) is 1. The van der Waals surface area contributed by atoms with Crippen LogP contribution in [0.25, 0.3) is 0 Å². The largest absolute Gasteiger partial charge is 0.371 e. The van der Waals surface area contributed by atoms with Gasteiger partial charge in [0.2, 0.25) is 0 Å². The van der Waals surface area contributed by atoms with E-state index >= 15 is 0 Å². The van der Waals surface area contributed by atoms with Gasteiger partial charge in [0.25, 0.3) is 5.91 Å². The van der Waals surface area contributed by atoms with Crippen LogP contribution in [0.15, 0.2) is 36.7 Å². The second kappa shape index (κ2) is 7.09. The molecule has 6 nitrogen and oxygen atoms in total. The molecule has 1 saturated heterocycles. The first-order chi connectivity index (χ1) is 11.2. The van der Waals surface area contributed by atoms with Crippen molar-refractivity contribution in [1.82, 2.24) is 9.97 Å². The van der Waals surface area contributed by atoms with E-state index in [1.165, 1.54) is 36.7 Å². The van der Waals surface area contributed by atoms with Gasteiger partial charge in [0.15, 0.2) is 0 Å². The fourth-order valence-corrected chi connectivity index (χ4v) is 2.86. The van der Waals surface area contributed by atoms with Crippen LogP contribution in [0.1, 0.15) is 35.3 Å². The number of carbonyl (C=O) groups is 1. The van der Waals surface area contributed by atoms with Gasteiger partial charge in [-0.15, -0.1) is 0 Å². The van der Waals surface area contributed by atoms with Crippen LogP contribution in [0, 0.1) is 0 Å². The average molecular weight is 311 g/mol. The molecule has 0 atom stereocenters. The first-order valence-corrected chi connectivity index (χ1v) is 7.92. The third-order valence-electron chi connectivity index (χ3n) is 4.04. The van der Waals surface area contributed by atoms with Crippen molar-refractivity contribution >= 4 is 17.4 Å². The highest BCUT2D eigenvalue weighted by atomic mass is 16.1. The van der Waals surface area contributed by atoms with E-state index in [1.807, 2.05) is 6.07 Å². The zero-order valence-electron chi connectivity index (χ0n) is 13.0. The number of hydrogen-bond acceptors (Lipinski definition) is 5. The number of nitrogens with zero attached hydrogens (tertiary/aromatic N) is 3. The number of para-hydroxylation sites is 1. The lowest BCUT2D eigenvalue weighted by atomic mass is 10.1. The van der Waals surface area contributed by atoms with Gasteiger partial charge in [-0.25, -0.2) is 4.98 Å². The fraction of sp³-hybridized carbons (Fsp3) is 0.353. The summed E-state index contributed by atoms with van der Waals surface area (Å²) in [6, 6.07) is 8.38. The summed E-state index contributed by atoms with van der Waals surface area (Å²) in [5.41, 5.74) is 7.87. The highest BCUT2D eigenvalue weighted by Gasteiger charge is 2.14. The number of piperidine rings is 1. The highest BCUT2D eigenvalue weighted by molar-refractivity contribution is 5.90. The number of amides is 1. The molecule has 1 aromatic carbocycles. The Kier molecular flexibility index (Phi) is 4.71. The summed E-state index contributed by atoms with van der Waals surface area (Å²) in [7, 11) is 0. The smallest absolute Gasteiger partial charge is 0.268 e. The van der Waals surface area contributed by atoms with Gasteiger partial charge in [-0.05, 0) is 30.9 Å². The van der Waals surface area contributed by atoms with Gasteiger partial charge in [-0.2, -0.15) is 0 Å². The van der Waals surface area contributed by atoms with E-state index in [9.17, 15) is 4.79 Å². The monoisotopic (exact) mass is 311 g/mol. The Morgan fingerprint density at radius 3 is 2.74 bits per heavy atom. The molecule has 3 N–H and O–H groups in total. The molecule has 3 rings (SSSR count). The SMILES string of the molecule is NC(=O)c1cncc(NCc2ccccc2N2CCCCC2)n1. The predicted molar refractivity (Wildman–Crippen MR) is 90.4 cm³/mol. The van der Waals surface area contributed by atoms with Gasteiger partial charge in [0.05, 0.1) is 12.4 Å². The van der Waals surface area contributed by atoms with Crippen LogP contribution in [0.3, 0.4) is 0 Å². The molecule has 0 aliphatic carbocycles. The molecule has 0 spiro atoms. The minimum atomic E-state index is -0.574. The van der Waals surface area contributed by atoms with E-state index in [4.69, 9.17) is 5.73 Å². The van der Waals surface area contributed by atoms with Crippen molar-refractivity contribution < 1.29 is 4.79 Å². The fourth-order valence-electron chi connectivity index (χ4n) is 2.86.